The molecule has 0 spiro atoms. The second-order valence-corrected chi connectivity index (χ2v) is 8.18. The summed E-state index contributed by atoms with van der Waals surface area (Å²) < 4.78 is 5.70. The highest BCUT2D eigenvalue weighted by atomic mass is 35.5. The number of halogens is 2. The normalized spacial score (nSPS) is 20.7. The maximum atomic E-state index is 13.6. The van der Waals surface area contributed by atoms with E-state index in [1.54, 1.807) is 0 Å². The van der Waals surface area contributed by atoms with Gasteiger partial charge in [0.15, 0.2) is 0 Å². The molecule has 174 valence electrons. The van der Waals surface area contributed by atoms with Crippen molar-refractivity contribution in [3.63, 3.8) is 0 Å². The molecule has 2 atom stereocenters. The average molecular weight is 489 g/mol. The van der Waals surface area contributed by atoms with Crippen LogP contribution in [0.3, 0.4) is 0 Å². The topological polar surface area (TPSA) is 67.6 Å². The first-order valence-corrected chi connectivity index (χ1v) is 11.2. The van der Waals surface area contributed by atoms with Crippen molar-refractivity contribution in [3.05, 3.63) is 48.0 Å². The Morgan fingerprint density at radius 2 is 1.97 bits per heavy atom. The summed E-state index contributed by atoms with van der Waals surface area (Å²) in [6, 6.07) is 13.9. The summed E-state index contributed by atoms with van der Waals surface area (Å²) in [7, 11) is 0. The molecule has 0 aromatic heterocycles. The molecule has 1 unspecified atom stereocenters. The van der Waals surface area contributed by atoms with E-state index >= 15 is 0 Å². The van der Waals surface area contributed by atoms with Gasteiger partial charge in [0.2, 0.25) is 0 Å². The van der Waals surface area contributed by atoms with Crippen molar-refractivity contribution in [3.8, 4) is 0 Å². The van der Waals surface area contributed by atoms with Crippen molar-refractivity contribution >= 4 is 54.1 Å². The molecule has 8 heteroatoms. The SMILES string of the molecule is CCCOCC[C@]1(N)NCCN(C(=O)c2cccc3ccccc23)C1CCCS.Cl.Cl. The van der Waals surface area contributed by atoms with Crippen LogP contribution in [0.15, 0.2) is 42.5 Å². The molecule has 1 fully saturated rings. The number of fused-ring (bicyclic) bond motifs is 1. The van der Waals surface area contributed by atoms with Crippen LogP contribution >= 0.6 is 37.4 Å². The molecular weight excluding hydrogens is 453 g/mol. The van der Waals surface area contributed by atoms with E-state index in [0.717, 1.165) is 48.0 Å². The fraction of sp³-hybridized carbons (Fsp3) is 0.522. The van der Waals surface area contributed by atoms with Crippen LogP contribution in [0.25, 0.3) is 10.8 Å². The van der Waals surface area contributed by atoms with Crippen LogP contribution in [0.2, 0.25) is 0 Å². The van der Waals surface area contributed by atoms with E-state index in [1.165, 1.54) is 0 Å². The molecule has 1 aliphatic rings. The molecule has 0 radical (unpaired) electrons. The lowest BCUT2D eigenvalue weighted by Crippen LogP contribution is -2.72. The first-order chi connectivity index (χ1) is 14.1. The maximum absolute atomic E-state index is 13.6. The fourth-order valence-corrected chi connectivity index (χ4v) is 4.39. The van der Waals surface area contributed by atoms with E-state index in [2.05, 4.69) is 24.9 Å². The summed E-state index contributed by atoms with van der Waals surface area (Å²) in [5.41, 5.74) is 6.92. The van der Waals surface area contributed by atoms with Crippen LogP contribution in [0.5, 0.6) is 0 Å². The van der Waals surface area contributed by atoms with Gasteiger partial charge >= 0.3 is 0 Å². The maximum Gasteiger partial charge on any atom is 0.254 e. The molecule has 1 saturated heterocycles. The number of piperazine rings is 1. The van der Waals surface area contributed by atoms with Gasteiger partial charge in [-0.3, -0.25) is 10.1 Å². The quantitative estimate of drug-likeness (QED) is 0.364. The molecule has 0 aliphatic carbocycles. The van der Waals surface area contributed by atoms with Crippen molar-refractivity contribution in [1.82, 2.24) is 10.2 Å². The lowest BCUT2D eigenvalue weighted by molar-refractivity contribution is 0.0196. The molecule has 0 bridgehead atoms. The molecule has 2 aromatic carbocycles. The fourth-order valence-electron chi connectivity index (χ4n) is 4.21. The Kier molecular flexibility index (Phi) is 12.2. The average Bonchev–Trinajstić information content (AvgIpc) is 2.75. The van der Waals surface area contributed by atoms with E-state index in [1.807, 2.05) is 47.4 Å². The monoisotopic (exact) mass is 487 g/mol. The zero-order valence-corrected chi connectivity index (χ0v) is 20.6. The number of rotatable bonds is 9. The molecule has 2 aromatic rings. The number of nitrogens with one attached hydrogen (secondary N) is 1. The second-order valence-electron chi connectivity index (χ2n) is 7.74. The Hall–Kier alpha value is -1.02. The van der Waals surface area contributed by atoms with E-state index in [4.69, 9.17) is 10.5 Å². The number of nitrogens with zero attached hydrogens (tertiary/aromatic N) is 1. The zero-order valence-electron chi connectivity index (χ0n) is 18.1. The van der Waals surface area contributed by atoms with Gasteiger partial charge in [-0.2, -0.15) is 12.6 Å². The molecule has 3 N–H and O–H groups in total. The van der Waals surface area contributed by atoms with Gasteiger partial charge in [-0.25, -0.2) is 0 Å². The van der Waals surface area contributed by atoms with Crippen molar-refractivity contribution < 1.29 is 9.53 Å². The summed E-state index contributed by atoms with van der Waals surface area (Å²) in [4.78, 5) is 15.6. The molecule has 5 nitrogen and oxygen atoms in total. The van der Waals surface area contributed by atoms with Crippen LogP contribution in [0.1, 0.15) is 43.0 Å². The smallest absolute Gasteiger partial charge is 0.254 e. The number of nitrogens with two attached hydrogens (primary N) is 1. The number of hydrogen-bond acceptors (Lipinski definition) is 5. The van der Waals surface area contributed by atoms with Gasteiger partial charge in [-0.05, 0) is 41.9 Å². The van der Waals surface area contributed by atoms with Gasteiger partial charge in [0.05, 0.1) is 11.7 Å². The number of benzene rings is 2. The lowest BCUT2D eigenvalue weighted by atomic mass is 9.89. The standard InChI is InChI=1S/C23H33N3O2S.2ClH/c1-2-15-28-16-12-23(24)21(11-6-17-29)26(14-13-25-23)22(27)20-10-5-8-18-7-3-4-9-19(18)20;;/h3-5,7-10,21,25,29H,2,6,11-17,24H2,1H3;2*1H/t21?,23-;;/m0../s1. The minimum Gasteiger partial charge on any atom is -0.381 e. The van der Waals surface area contributed by atoms with Crippen molar-refractivity contribution in [2.45, 2.75) is 44.3 Å². The third kappa shape index (κ3) is 6.73. The Morgan fingerprint density at radius 3 is 2.71 bits per heavy atom. The number of ether oxygens (including phenoxy) is 1. The molecule has 1 heterocycles. The Balaban J connectivity index is 0.00000240. The Morgan fingerprint density at radius 1 is 1.23 bits per heavy atom. The Bertz CT molecular complexity index is 821. The van der Waals surface area contributed by atoms with Gasteiger partial charge in [0, 0.05) is 38.3 Å². The highest BCUT2D eigenvalue weighted by Gasteiger charge is 2.43. The van der Waals surface area contributed by atoms with Crippen LogP contribution < -0.4 is 11.1 Å². The minimum atomic E-state index is -0.658. The molecular formula is C23H35Cl2N3O2S. The van der Waals surface area contributed by atoms with Gasteiger partial charge in [-0.15, -0.1) is 24.8 Å². The predicted octanol–water partition coefficient (Wildman–Crippen LogP) is 4.28. The first-order valence-electron chi connectivity index (χ1n) is 10.6. The second kappa shape index (κ2) is 13.5. The summed E-state index contributed by atoms with van der Waals surface area (Å²) in [5.74, 6) is 0.826. The number of carbonyl (C=O) groups excluding carboxylic acids is 1. The summed E-state index contributed by atoms with van der Waals surface area (Å²) in [5, 5.41) is 5.55. The summed E-state index contributed by atoms with van der Waals surface area (Å²) >= 11 is 4.39. The molecule has 1 aliphatic heterocycles. The third-order valence-corrected chi connectivity index (χ3v) is 6.02. The van der Waals surface area contributed by atoms with Crippen molar-refractivity contribution in [2.24, 2.45) is 5.73 Å². The first kappa shape index (κ1) is 28.0. The highest BCUT2D eigenvalue weighted by molar-refractivity contribution is 7.80. The molecule has 0 saturated carbocycles. The number of amides is 1. The summed E-state index contributed by atoms with van der Waals surface area (Å²) in [6.45, 7) is 4.74. The van der Waals surface area contributed by atoms with Gasteiger partial charge in [0.1, 0.15) is 0 Å². The predicted molar refractivity (Wildman–Crippen MR) is 137 cm³/mol. The largest absolute Gasteiger partial charge is 0.381 e. The number of thiol groups is 1. The molecule has 31 heavy (non-hydrogen) atoms. The summed E-state index contributed by atoms with van der Waals surface area (Å²) in [6.07, 6.45) is 3.38. The minimum absolute atomic E-state index is 0. The van der Waals surface area contributed by atoms with Crippen LogP contribution in [-0.2, 0) is 4.74 Å². The number of carbonyl (C=O) groups is 1. The van der Waals surface area contributed by atoms with E-state index in [-0.39, 0.29) is 36.8 Å². The zero-order chi connectivity index (χ0) is 20.7. The number of hydrogen-bond donors (Lipinski definition) is 3. The lowest BCUT2D eigenvalue weighted by Gasteiger charge is -2.49. The molecule has 3 rings (SSSR count). The van der Waals surface area contributed by atoms with E-state index in [0.29, 0.717) is 26.1 Å². The molecule has 1 amide bonds. The van der Waals surface area contributed by atoms with E-state index in [9.17, 15) is 4.79 Å². The van der Waals surface area contributed by atoms with Crippen LogP contribution in [0.4, 0.5) is 0 Å². The van der Waals surface area contributed by atoms with E-state index < -0.39 is 5.66 Å². The highest BCUT2D eigenvalue weighted by Crippen LogP contribution is 2.28. The van der Waals surface area contributed by atoms with Gasteiger partial charge in [-0.1, -0.05) is 43.3 Å². The van der Waals surface area contributed by atoms with Gasteiger partial charge in [0.25, 0.3) is 5.91 Å². The van der Waals surface area contributed by atoms with Crippen molar-refractivity contribution in [2.75, 3.05) is 32.1 Å². The Labute approximate surface area is 203 Å². The van der Waals surface area contributed by atoms with Crippen LogP contribution in [0, 0.1) is 0 Å². The third-order valence-electron chi connectivity index (χ3n) is 5.70. The van der Waals surface area contributed by atoms with Gasteiger partial charge < -0.3 is 15.4 Å². The van der Waals surface area contributed by atoms with Crippen LogP contribution in [-0.4, -0.2) is 54.6 Å². The van der Waals surface area contributed by atoms with Crippen molar-refractivity contribution in [1.29, 1.82) is 0 Å².